The van der Waals surface area contributed by atoms with Crippen LogP contribution in [0.2, 0.25) is 0 Å². The van der Waals surface area contributed by atoms with Crippen molar-refractivity contribution in [3.8, 4) is 0 Å². The number of hydrogen-bond donors (Lipinski definition) is 1. The van der Waals surface area contributed by atoms with Gasteiger partial charge in [-0.05, 0) is 49.2 Å². The fraction of sp³-hybridized carbons (Fsp3) is 0.174. The summed E-state index contributed by atoms with van der Waals surface area (Å²) in [5, 5.41) is 2.73. The molecule has 1 atom stereocenters. The number of benzene rings is 3. The predicted molar refractivity (Wildman–Crippen MR) is 113 cm³/mol. The second kappa shape index (κ2) is 7.91. The van der Waals surface area contributed by atoms with Gasteiger partial charge in [-0.3, -0.25) is 9.10 Å². The maximum absolute atomic E-state index is 14.0. The molecule has 0 bridgehead atoms. The third-order valence-corrected chi connectivity index (χ3v) is 7.06. The topological polar surface area (TPSA) is 66.5 Å². The molecule has 0 aliphatic carbocycles. The first-order valence-corrected chi connectivity index (χ1v) is 11.1. The summed E-state index contributed by atoms with van der Waals surface area (Å²) in [5.74, 6) is -0.876. The molecule has 3 aromatic rings. The Kier molecular flexibility index (Phi) is 5.30. The first-order valence-electron chi connectivity index (χ1n) is 9.64. The number of anilines is 1. The molecule has 30 heavy (non-hydrogen) atoms. The van der Waals surface area contributed by atoms with Gasteiger partial charge in [0.1, 0.15) is 5.82 Å². The molecule has 0 saturated carbocycles. The van der Waals surface area contributed by atoms with Crippen molar-refractivity contribution in [1.29, 1.82) is 0 Å². The molecule has 154 valence electrons. The lowest BCUT2D eigenvalue weighted by atomic mass is 10.1. The summed E-state index contributed by atoms with van der Waals surface area (Å²) in [6.07, 6.45) is 0.649. The van der Waals surface area contributed by atoms with E-state index in [0.717, 1.165) is 5.56 Å². The second-order valence-electron chi connectivity index (χ2n) is 7.20. The van der Waals surface area contributed by atoms with E-state index in [1.54, 1.807) is 43.3 Å². The van der Waals surface area contributed by atoms with Gasteiger partial charge < -0.3 is 5.32 Å². The molecule has 0 fully saturated rings. The highest BCUT2D eigenvalue weighted by atomic mass is 32.2. The van der Waals surface area contributed by atoms with Gasteiger partial charge in [0.2, 0.25) is 0 Å². The SMILES string of the molecule is CC(NC(=O)c1cccc(S(=O)(=O)N2CCc3ccccc32)c1)c1ccccc1F. The summed E-state index contributed by atoms with van der Waals surface area (Å²) in [4.78, 5) is 12.7. The van der Waals surface area contributed by atoms with E-state index >= 15 is 0 Å². The van der Waals surface area contributed by atoms with Gasteiger partial charge >= 0.3 is 0 Å². The lowest BCUT2D eigenvalue weighted by Gasteiger charge is -2.20. The molecule has 1 aliphatic heterocycles. The molecular weight excluding hydrogens is 403 g/mol. The maximum Gasteiger partial charge on any atom is 0.264 e. The van der Waals surface area contributed by atoms with Gasteiger partial charge in [0.05, 0.1) is 16.6 Å². The summed E-state index contributed by atoms with van der Waals surface area (Å²) in [7, 11) is -3.80. The van der Waals surface area contributed by atoms with Gasteiger partial charge in [0.15, 0.2) is 0 Å². The molecule has 1 N–H and O–H groups in total. The Bertz CT molecular complexity index is 1210. The van der Waals surface area contributed by atoms with Crippen molar-refractivity contribution < 1.29 is 17.6 Å². The number of nitrogens with zero attached hydrogens (tertiary/aromatic N) is 1. The van der Waals surface area contributed by atoms with Gasteiger partial charge in [-0.15, -0.1) is 0 Å². The summed E-state index contributed by atoms with van der Waals surface area (Å²) in [5.41, 5.74) is 2.21. The zero-order valence-corrected chi connectivity index (χ0v) is 17.2. The average molecular weight is 424 g/mol. The highest BCUT2D eigenvalue weighted by molar-refractivity contribution is 7.92. The minimum atomic E-state index is -3.80. The Hall–Kier alpha value is -3.19. The fourth-order valence-electron chi connectivity index (χ4n) is 3.67. The first-order chi connectivity index (χ1) is 14.4. The van der Waals surface area contributed by atoms with Gasteiger partial charge in [-0.1, -0.05) is 42.5 Å². The van der Waals surface area contributed by atoms with Crippen molar-refractivity contribution in [3.63, 3.8) is 0 Å². The lowest BCUT2D eigenvalue weighted by Crippen LogP contribution is -2.30. The van der Waals surface area contributed by atoms with Crippen LogP contribution in [0.15, 0.2) is 77.7 Å². The standard InChI is InChI=1S/C23H21FN2O3S/c1-16(20-10-3-4-11-21(20)24)25-23(27)18-8-6-9-19(15-18)30(28,29)26-14-13-17-7-2-5-12-22(17)26/h2-12,15-16H,13-14H2,1H3,(H,25,27). The monoisotopic (exact) mass is 424 g/mol. The smallest absolute Gasteiger partial charge is 0.264 e. The third-order valence-electron chi connectivity index (χ3n) is 5.25. The molecule has 0 saturated heterocycles. The molecule has 3 aromatic carbocycles. The van der Waals surface area contributed by atoms with Crippen molar-refractivity contribution in [2.24, 2.45) is 0 Å². The Morgan fingerprint density at radius 3 is 2.57 bits per heavy atom. The third kappa shape index (κ3) is 3.68. The molecule has 0 aromatic heterocycles. The maximum atomic E-state index is 14.0. The largest absolute Gasteiger partial charge is 0.345 e. The molecule has 0 spiro atoms. The molecule has 7 heteroatoms. The number of hydrogen-bond acceptors (Lipinski definition) is 3. The quantitative estimate of drug-likeness (QED) is 0.672. The number of fused-ring (bicyclic) bond motifs is 1. The van der Waals surface area contributed by atoms with Crippen LogP contribution < -0.4 is 9.62 Å². The van der Waals surface area contributed by atoms with Gasteiger partial charge in [-0.25, -0.2) is 12.8 Å². The zero-order chi connectivity index (χ0) is 21.3. The van der Waals surface area contributed by atoms with Crippen molar-refractivity contribution in [2.75, 3.05) is 10.8 Å². The molecule has 4 rings (SSSR count). The number of rotatable bonds is 5. The summed E-state index contributed by atoms with van der Waals surface area (Å²) >= 11 is 0. The van der Waals surface area contributed by atoms with E-state index in [-0.39, 0.29) is 10.5 Å². The van der Waals surface area contributed by atoms with E-state index in [0.29, 0.717) is 24.2 Å². The number of amides is 1. The van der Waals surface area contributed by atoms with Gasteiger partial charge in [-0.2, -0.15) is 0 Å². The molecular formula is C23H21FN2O3S. The highest BCUT2D eigenvalue weighted by Crippen LogP contribution is 2.32. The Labute approximate surface area is 175 Å². The van der Waals surface area contributed by atoms with E-state index in [1.165, 1.54) is 28.6 Å². The van der Waals surface area contributed by atoms with Crippen LogP contribution in [0.1, 0.15) is 34.5 Å². The van der Waals surface area contributed by atoms with Crippen LogP contribution in [0.4, 0.5) is 10.1 Å². The van der Waals surface area contributed by atoms with Crippen LogP contribution in [-0.4, -0.2) is 20.9 Å². The van der Waals surface area contributed by atoms with E-state index in [9.17, 15) is 17.6 Å². The van der Waals surface area contributed by atoms with E-state index in [1.807, 2.05) is 12.1 Å². The van der Waals surface area contributed by atoms with Crippen molar-refractivity contribution in [2.45, 2.75) is 24.3 Å². The van der Waals surface area contributed by atoms with Crippen LogP contribution >= 0.6 is 0 Å². The molecule has 1 heterocycles. The Balaban J connectivity index is 1.58. The van der Waals surface area contributed by atoms with Crippen molar-refractivity contribution in [3.05, 3.63) is 95.3 Å². The summed E-state index contributed by atoms with van der Waals surface area (Å²) in [6, 6.07) is 19.0. The first kappa shape index (κ1) is 20.1. The number of carbonyl (C=O) groups is 1. The van der Waals surface area contributed by atoms with Gasteiger partial charge in [0, 0.05) is 17.7 Å². The minimum absolute atomic E-state index is 0.0467. The predicted octanol–water partition coefficient (Wildman–Crippen LogP) is 4.07. The van der Waals surface area contributed by atoms with E-state index in [2.05, 4.69) is 5.32 Å². The molecule has 5 nitrogen and oxygen atoms in total. The highest BCUT2D eigenvalue weighted by Gasteiger charge is 2.31. The number of sulfonamides is 1. The Morgan fingerprint density at radius 2 is 1.77 bits per heavy atom. The van der Waals surface area contributed by atoms with Crippen LogP contribution in [0, 0.1) is 5.82 Å². The van der Waals surface area contributed by atoms with Crippen LogP contribution in [0.3, 0.4) is 0 Å². The number of nitrogens with one attached hydrogen (secondary N) is 1. The molecule has 1 unspecified atom stereocenters. The summed E-state index contributed by atoms with van der Waals surface area (Å²) in [6.45, 7) is 2.04. The molecule has 0 radical (unpaired) electrons. The molecule has 1 aliphatic rings. The second-order valence-corrected chi connectivity index (χ2v) is 9.06. The Morgan fingerprint density at radius 1 is 1.03 bits per heavy atom. The normalized spacial score (nSPS) is 14.3. The number of carbonyl (C=O) groups excluding carboxylic acids is 1. The average Bonchev–Trinajstić information content (AvgIpc) is 3.19. The van der Waals surface area contributed by atoms with Gasteiger partial charge in [0.25, 0.3) is 15.9 Å². The van der Waals surface area contributed by atoms with E-state index < -0.39 is 27.8 Å². The zero-order valence-electron chi connectivity index (χ0n) is 16.4. The van der Waals surface area contributed by atoms with Crippen molar-refractivity contribution in [1.82, 2.24) is 5.32 Å². The fourth-order valence-corrected chi connectivity index (χ4v) is 5.22. The van der Waals surface area contributed by atoms with E-state index in [4.69, 9.17) is 0 Å². The van der Waals surface area contributed by atoms with Crippen LogP contribution in [-0.2, 0) is 16.4 Å². The number of halogens is 1. The minimum Gasteiger partial charge on any atom is -0.345 e. The number of para-hydroxylation sites is 1. The summed E-state index contributed by atoms with van der Waals surface area (Å²) < 4.78 is 41.8. The van der Waals surface area contributed by atoms with Crippen LogP contribution in [0.25, 0.3) is 0 Å². The van der Waals surface area contributed by atoms with Crippen LogP contribution in [0.5, 0.6) is 0 Å². The molecule has 1 amide bonds. The lowest BCUT2D eigenvalue weighted by molar-refractivity contribution is 0.0939. The van der Waals surface area contributed by atoms with Crippen molar-refractivity contribution >= 4 is 21.6 Å².